The van der Waals surface area contributed by atoms with Gasteiger partial charge in [-0.2, -0.15) is 10.1 Å². The van der Waals surface area contributed by atoms with Gasteiger partial charge in [0.2, 0.25) is 0 Å². The molecule has 0 unspecified atom stereocenters. The second-order valence-electron chi connectivity index (χ2n) is 7.71. The molecule has 0 spiro atoms. The van der Waals surface area contributed by atoms with Crippen LogP contribution in [0.15, 0.2) is 89.5 Å². The zero-order valence-corrected chi connectivity index (χ0v) is 19.2. The van der Waals surface area contributed by atoms with E-state index < -0.39 is 0 Å². The van der Waals surface area contributed by atoms with Crippen LogP contribution in [-0.2, 0) is 4.79 Å². The number of hydrogen-bond donors (Lipinski definition) is 0. The third-order valence-corrected chi connectivity index (χ3v) is 5.51. The van der Waals surface area contributed by atoms with Crippen molar-refractivity contribution in [1.29, 1.82) is 0 Å². The Morgan fingerprint density at radius 3 is 2.27 bits per heavy atom. The van der Waals surface area contributed by atoms with Crippen LogP contribution >= 0.6 is 0 Å². The maximum atomic E-state index is 13.5. The number of aryl methyl sites for hydroxylation is 1. The first-order valence-corrected chi connectivity index (χ1v) is 10.7. The number of allylic oxidation sites excluding steroid dienone is 2. The molecule has 4 rings (SSSR count). The van der Waals surface area contributed by atoms with Crippen molar-refractivity contribution in [3.05, 3.63) is 101 Å². The smallest absolute Gasteiger partial charge is 0.281 e. The highest BCUT2D eigenvalue weighted by Gasteiger charge is 2.31. The molecule has 3 aromatic carbocycles. The molecule has 0 N–H and O–H groups in total. The molecule has 1 aliphatic rings. The number of ether oxygens (including phenoxy) is 2. The van der Waals surface area contributed by atoms with Gasteiger partial charge < -0.3 is 9.47 Å². The van der Waals surface area contributed by atoms with Gasteiger partial charge in [-0.15, -0.1) is 0 Å². The highest BCUT2D eigenvalue weighted by molar-refractivity contribution is 6.34. The van der Waals surface area contributed by atoms with Gasteiger partial charge in [0.1, 0.15) is 0 Å². The van der Waals surface area contributed by atoms with Gasteiger partial charge in [0.15, 0.2) is 11.5 Å². The average molecular weight is 439 g/mol. The lowest BCUT2D eigenvalue weighted by Gasteiger charge is -2.13. The summed E-state index contributed by atoms with van der Waals surface area (Å²) in [5.41, 5.74) is 5.70. The van der Waals surface area contributed by atoms with Crippen LogP contribution in [0, 0.1) is 6.92 Å². The van der Waals surface area contributed by atoms with Crippen LogP contribution in [0.3, 0.4) is 0 Å². The van der Waals surface area contributed by atoms with Gasteiger partial charge in [-0.05, 0) is 43.2 Å². The molecule has 0 aliphatic carbocycles. The van der Waals surface area contributed by atoms with Crippen LogP contribution in [0.1, 0.15) is 23.6 Å². The Labute approximate surface area is 194 Å². The van der Waals surface area contributed by atoms with Crippen LogP contribution in [0.4, 0.5) is 5.69 Å². The quantitative estimate of drug-likeness (QED) is 0.450. The average Bonchev–Trinajstić information content (AvgIpc) is 3.14. The second kappa shape index (κ2) is 9.57. The Bertz CT molecular complexity index is 1260. The van der Waals surface area contributed by atoms with Crippen LogP contribution < -0.4 is 14.5 Å². The fourth-order valence-electron chi connectivity index (χ4n) is 3.83. The summed E-state index contributed by atoms with van der Waals surface area (Å²) in [5, 5.41) is 6.02. The SMILES string of the molecule is COc1cccc(/C=C/C(=C2/C(=O)N(c3ccccc3)N=C2C)c2ccc(C)cc2)c1OC. The monoisotopic (exact) mass is 438 g/mol. The van der Waals surface area contributed by atoms with E-state index in [1.54, 1.807) is 14.2 Å². The summed E-state index contributed by atoms with van der Waals surface area (Å²) in [5.74, 6) is 1.13. The summed E-state index contributed by atoms with van der Waals surface area (Å²) in [7, 11) is 3.23. The zero-order valence-electron chi connectivity index (χ0n) is 19.2. The first-order chi connectivity index (χ1) is 16.0. The minimum Gasteiger partial charge on any atom is -0.493 e. The van der Waals surface area contributed by atoms with Crippen LogP contribution in [0.2, 0.25) is 0 Å². The maximum Gasteiger partial charge on any atom is 0.281 e. The molecule has 0 radical (unpaired) electrons. The molecule has 0 bridgehead atoms. The Balaban J connectivity index is 1.84. The number of hydrazone groups is 1. The van der Waals surface area contributed by atoms with Crippen molar-refractivity contribution in [2.24, 2.45) is 5.10 Å². The van der Waals surface area contributed by atoms with Crippen molar-refractivity contribution in [1.82, 2.24) is 0 Å². The zero-order chi connectivity index (χ0) is 23.4. The Kier molecular flexibility index (Phi) is 6.41. The number of nitrogens with zero attached hydrogens (tertiary/aromatic N) is 2. The molecule has 1 aliphatic heterocycles. The van der Waals surface area contributed by atoms with E-state index in [-0.39, 0.29) is 5.91 Å². The van der Waals surface area contributed by atoms with Crippen molar-refractivity contribution >= 4 is 29.0 Å². The molecule has 166 valence electrons. The molecular formula is C28H26N2O3. The van der Waals surface area contributed by atoms with Crippen molar-refractivity contribution in [3.63, 3.8) is 0 Å². The van der Waals surface area contributed by atoms with E-state index >= 15 is 0 Å². The summed E-state index contributed by atoms with van der Waals surface area (Å²) in [6.45, 7) is 3.91. The van der Waals surface area contributed by atoms with E-state index in [9.17, 15) is 4.79 Å². The van der Waals surface area contributed by atoms with Gasteiger partial charge in [0.05, 0.1) is 31.2 Å². The topological polar surface area (TPSA) is 51.1 Å². The highest BCUT2D eigenvalue weighted by atomic mass is 16.5. The summed E-state index contributed by atoms with van der Waals surface area (Å²) >= 11 is 0. The van der Waals surface area contributed by atoms with Crippen LogP contribution in [0.25, 0.3) is 11.6 Å². The predicted octanol–water partition coefficient (Wildman–Crippen LogP) is 5.90. The molecule has 3 aromatic rings. The van der Waals surface area contributed by atoms with E-state index in [1.807, 2.05) is 98.8 Å². The van der Waals surface area contributed by atoms with Gasteiger partial charge in [-0.25, -0.2) is 0 Å². The molecule has 1 amide bonds. The van der Waals surface area contributed by atoms with E-state index in [0.29, 0.717) is 22.8 Å². The second-order valence-corrected chi connectivity index (χ2v) is 7.71. The number of amides is 1. The molecule has 0 aromatic heterocycles. The number of benzene rings is 3. The first kappa shape index (κ1) is 22.1. The molecule has 33 heavy (non-hydrogen) atoms. The van der Waals surface area contributed by atoms with E-state index in [2.05, 4.69) is 5.10 Å². The third-order valence-electron chi connectivity index (χ3n) is 5.51. The van der Waals surface area contributed by atoms with Gasteiger partial charge in [0.25, 0.3) is 5.91 Å². The Hall–Kier alpha value is -4.12. The Morgan fingerprint density at radius 1 is 0.879 bits per heavy atom. The van der Waals surface area contributed by atoms with Crippen LogP contribution in [0.5, 0.6) is 11.5 Å². The predicted molar refractivity (Wildman–Crippen MR) is 134 cm³/mol. The molecule has 1 heterocycles. The minimum absolute atomic E-state index is 0.156. The number of anilines is 1. The molecule has 5 nitrogen and oxygen atoms in total. The minimum atomic E-state index is -0.156. The summed E-state index contributed by atoms with van der Waals surface area (Å²) < 4.78 is 11.0. The standard InChI is InChI=1S/C28H26N2O3/c1-19-13-15-21(16-14-19)24(18-17-22-9-8-12-25(32-3)27(22)33-4)26-20(2)29-30(28(26)31)23-10-6-5-7-11-23/h5-18H,1-4H3/b18-17+,26-24-. The Morgan fingerprint density at radius 2 is 1.61 bits per heavy atom. The first-order valence-electron chi connectivity index (χ1n) is 10.7. The molecular weight excluding hydrogens is 412 g/mol. The number of para-hydroxylation sites is 2. The molecule has 0 atom stereocenters. The van der Waals surface area contributed by atoms with Crippen molar-refractivity contribution < 1.29 is 14.3 Å². The van der Waals surface area contributed by atoms with Gasteiger partial charge in [0, 0.05) is 5.56 Å². The number of rotatable bonds is 6. The maximum absolute atomic E-state index is 13.5. The number of hydrogen-bond acceptors (Lipinski definition) is 4. The normalized spacial score (nSPS) is 15.1. The van der Waals surface area contributed by atoms with Crippen LogP contribution in [-0.4, -0.2) is 25.8 Å². The lowest BCUT2D eigenvalue weighted by molar-refractivity contribution is -0.114. The largest absolute Gasteiger partial charge is 0.493 e. The number of methoxy groups -OCH3 is 2. The fourth-order valence-corrected chi connectivity index (χ4v) is 3.83. The molecule has 5 heteroatoms. The van der Waals surface area contributed by atoms with Crippen molar-refractivity contribution in [2.45, 2.75) is 13.8 Å². The fraction of sp³-hybridized carbons (Fsp3) is 0.143. The van der Waals surface area contributed by atoms with E-state index in [0.717, 1.165) is 28.0 Å². The number of carbonyl (C=O) groups excluding carboxylic acids is 1. The third kappa shape index (κ3) is 4.44. The highest BCUT2D eigenvalue weighted by Crippen LogP contribution is 2.34. The van der Waals surface area contributed by atoms with Crippen molar-refractivity contribution in [2.75, 3.05) is 19.2 Å². The van der Waals surface area contributed by atoms with Gasteiger partial charge in [-0.1, -0.05) is 72.3 Å². The lowest BCUT2D eigenvalue weighted by Crippen LogP contribution is -2.21. The van der Waals surface area contributed by atoms with Gasteiger partial charge in [-0.3, -0.25) is 4.79 Å². The van der Waals surface area contributed by atoms with Crippen molar-refractivity contribution in [3.8, 4) is 11.5 Å². The summed E-state index contributed by atoms with van der Waals surface area (Å²) in [6.07, 6.45) is 3.89. The lowest BCUT2D eigenvalue weighted by atomic mass is 9.95. The molecule has 0 saturated heterocycles. The summed E-state index contributed by atoms with van der Waals surface area (Å²) in [4.78, 5) is 13.5. The van der Waals surface area contributed by atoms with Gasteiger partial charge >= 0.3 is 0 Å². The summed E-state index contributed by atoms with van der Waals surface area (Å²) in [6, 6.07) is 23.3. The molecule has 0 fully saturated rings. The molecule has 0 saturated carbocycles. The number of carbonyl (C=O) groups is 1. The van der Waals surface area contributed by atoms with E-state index in [4.69, 9.17) is 9.47 Å². The van der Waals surface area contributed by atoms with E-state index in [1.165, 1.54) is 5.01 Å².